The minimum Gasteiger partial charge on any atom is -0.397 e. The van der Waals surface area contributed by atoms with Gasteiger partial charge in [-0.3, -0.25) is 0 Å². The molecule has 0 saturated heterocycles. The van der Waals surface area contributed by atoms with Gasteiger partial charge < -0.3 is 5.73 Å². The molecular formula is C12H18ClNS. The summed E-state index contributed by atoms with van der Waals surface area (Å²) in [6.07, 6.45) is 2.25. The summed E-state index contributed by atoms with van der Waals surface area (Å²) in [6, 6.07) is 0. The Morgan fingerprint density at radius 3 is 2.47 bits per heavy atom. The van der Waals surface area contributed by atoms with E-state index in [1.54, 1.807) is 11.3 Å². The Morgan fingerprint density at radius 1 is 1.27 bits per heavy atom. The molecule has 2 N–H and O–H groups in total. The van der Waals surface area contributed by atoms with Crippen LogP contribution in [0, 0.1) is 5.41 Å². The zero-order valence-electron chi connectivity index (χ0n) is 9.78. The second kappa shape index (κ2) is 3.14. The average molecular weight is 244 g/mol. The van der Waals surface area contributed by atoms with Crippen LogP contribution in [0.3, 0.4) is 0 Å². The number of hydrogen-bond acceptors (Lipinski definition) is 2. The van der Waals surface area contributed by atoms with E-state index in [1.807, 2.05) is 0 Å². The van der Waals surface area contributed by atoms with Crippen LogP contribution in [0.4, 0.5) is 5.69 Å². The molecule has 0 unspecified atom stereocenters. The third-order valence-electron chi connectivity index (χ3n) is 3.19. The first-order valence-electron chi connectivity index (χ1n) is 5.30. The van der Waals surface area contributed by atoms with Crippen molar-refractivity contribution in [1.82, 2.24) is 0 Å². The van der Waals surface area contributed by atoms with Crippen molar-refractivity contribution in [2.45, 2.75) is 46.0 Å². The van der Waals surface area contributed by atoms with E-state index in [0.717, 1.165) is 16.4 Å². The monoisotopic (exact) mass is 243 g/mol. The smallest absolute Gasteiger partial charge is 0.116 e. The van der Waals surface area contributed by atoms with Crippen LogP contribution in [0.25, 0.3) is 0 Å². The Kier molecular flexibility index (Phi) is 2.36. The average Bonchev–Trinajstić information content (AvgIpc) is 2.29. The van der Waals surface area contributed by atoms with Crippen LogP contribution in [0.1, 0.15) is 44.6 Å². The molecule has 1 heterocycles. The van der Waals surface area contributed by atoms with E-state index in [0.29, 0.717) is 5.41 Å². The van der Waals surface area contributed by atoms with E-state index in [4.69, 9.17) is 17.3 Å². The van der Waals surface area contributed by atoms with Gasteiger partial charge in [0.1, 0.15) is 4.34 Å². The maximum Gasteiger partial charge on any atom is 0.116 e. The van der Waals surface area contributed by atoms with Crippen LogP contribution in [0.15, 0.2) is 0 Å². The van der Waals surface area contributed by atoms with E-state index in [-0.39, 0.29) is 5.41 Å². The summed E-state index contributed by atoms with van der Waals surface area (Å²) < 4.78 is 0.769. The molecule has 0 fully saturated rings. The van der Waals surface area contributed by atoms with Crippen LogP contribution in [-0.2, 0) is 11.8 Å². The Morgan fingerprint density at radius 2 is 1.87 bits per heavy atom. The predicted molar refractivity (Wildman–Crippen MR) is 68.9 cm³/mol. The first kappa shape index (κ1) is 11.3. The van der Waals surface area contributed by atoms with Gasteiger partial charge in [0.05, 0.1) is 5.69 Å². The van der Waals surface area contributed by atoms with Gasteiger partial charge in [-0.05, 0) is 29.2 Å². The van der Waals surface area contributed by atoms with E-state index in [1.165, 1.54) is 16.9 Å². The van der Waals surface area contributed by atoms with Crippen molar-refractivity contribution in [3.05, 3.63) is 14.8 Å². The molecule has 0 aromatic carbocycles. The van der Waals surface area contributed by atoms with Gasteiger partial charge in [-0.25, -0.2) is 0 Å². The fourth-order valence-electron chi connectivity index (χ4n) is 2.99. The highest BCUT2D eigenvalue weighted by atomic mass is 35.5. The molecule has 84 valence electrons. The van der Waals surface area contributed by atoms with Gasteiger partial charge in [-0.1, -0.05) is 39.3 Å². The number of thiophene rings is 1. The third-order valence-corrected chi connectivity index (χ3v) is 5.03. The SMILES string of the molecule is CC1(C)Cc2c(sc(Cl)c2N)C(C)(C)C1. The van der Waals surface area contributed by atoms with Gasteiger partial charge in [0.15, 0.2) is 0 Å². The normalized spacial score (nSPS) is 22.5. The van der Waals surface area contributed by atoms with E-state index < -0.39 is 0 Å². The van der Waals surface area contributed by atoms with Crippen molar-refractivity contribution in [2.75, 3.05) is 5.73 Å². The molecule has 1 aromatic rings. The van der Waals surface area contributed by atoms with Gasteiger partial charge >= 0.3 is 0 Å². The largest absolute Gasteiger partial charge is 0.397 e. The predicted octanol–water partition coefficient (Wildman–Crippen LogP) is 4.23. The number of rotatable bonds is 0. The van der Waals surface area contributed by atoms with Crippen molar-refractivity contribution < 1.29 is 0 Å². The second-order valence-electron chi connectivity index (χ2n) is 6.00. The van der Waals surface area contributed by atoms with Gasteiger partial charge in [-0.15, -0.1) is 11.3 Å². The number of halogens is 1. The zero-order chi connectivity index (χ0) is 11.4. The third kappa shape index (κ3) is 1.78. The summed E-state index contributed by atoms with van der Waals surface area (Å²) in [5, 5.41) is 0. The minimum atomic E-state index is 0.211. The van der Waals surface area contributed by atoms with Crippen molar-refractivity contribution in [3.8, 4) is 0 Å². The first-order valence-corrected chi connectivity index (χ1v) is 6.49. The molecule has 1 aromatic heterocycles. The Hall–Kier alpha value is -0.210. The van der Waals surface area contributed by atoms with Gasteiger partial charge in [0.25, 0.3) is 0 Å². The maximum absolute atomic E-state index is 6.13. The van der Waals surface area contributed by atoms with Crippen LogP contribution < -0.4 is 5.73 Å². The lowest BCUT2D eigenvalue weighted by molar-refractivity contribution is 0.236. The summed E-state index contributed by atoms with van der Waals surface area (Å²) in [5.41, 5.74) is 8.70. The van der Waals surface area contributed by atoms with Crippen LogP contribution in [0.5, 0.6) is 0 Å². The molecule has 15 heavy (non-hydrogen) atoms. The number of nitrogens with two attached hydrogens (primary N) is 1. The topological polar surface area (TPSA) is 26.0 Å². The van der Waals surface area contributed by atoms with E-state index >= 15 is 0 Å². The highest BCUT2D eigenvalue weighted by Gasteiger charge is 2.40. The van der Waals surface area contributed by atoms with Crippen molar-refractivity contribution in [2.24, 2.45) is 5.41 Å². The fraction of sp³-hybridized carbons (Fsp3) is 0.667. The molecule has 1 aliphatic carbocycles. The fourth-order valence-corrected chi connectivity index (χ4v) is 4.40. The van der Waals surface area contributed by atoms with Crippen LogP contribution >= 0.6 is 22.9 Å². The standard InChI is InChI=1S/C12H18ClNS/c1-11(2)5-7-8(14)10(13)15-9(7)12(3,4)6-11/h5-6,14H2,1-4H3. The second-order valence-corrected chi connectivity index (χ2v) is 7.62. The summed E-state index contributed by atoms with van der Waals surface area (Å²) >= 11 is 7.80. The quantitative estimate of drug-likeness (QED) is 0.725. The summed E-state index contributed by atoms with van der Waals surface area (Å²) in [6.45, 7) is 9.20. The Balaban J connectivity index is 2.60. The maximum atomic E-state index is 6.13. The molecule has 0 aliphatic heterocycles. The first-order chi connectivity index (χ1) is 6.73. The molecule has 0 bridgehead atoms. The molecule has 0 saturated carbocycles. The molecule has 0 atom stereocenters. The molecule has 0 spiro atoms. The minimum absolute atomic E-state index is 0.211. The lowest BCUT2D eigenvalue weighted by Gasteiger charge is -2.40. The lowest BCUT2D eigenvalue weighted by atomic mass is 9.66. The summed E-state index contributed by atoms with van der Waals surface area (Å²) in [7, 11) is 0. The highest BCUT2D eigenvalue weighted by molar-refractivity contribution is 7.17. The van der Waals surface area contributed by atoms with E-state index in [2.05, 4.69) is 27.7 Å². The number of anilines is 1. The molecule has 0 amide bonds. The number of nitrogen functional groups attached to an aromatic ring is 1. The molecular weight excluding hydrogens is 226 g/mol. The van der Waals surface area contributed by atoms with Gasteiger partial charge in [0.2, 0.25) is 0 Å². The van der Waals surface area contributed by atoms with Crippen LogP contribution in [0.2, 0.25) is 4.34 Å². The molecule has 2 rings (SSSR count). The van der Waals surface area contributed by atoms with Gasteiger partial charge in [-0.2, -0.15) is 0 Å². The van der Waals surface area contributed by atoms with Crippen LogP contribution in [-0.4, -0.2) is 0 Å². The Bertz CT molecular complexity index is 404. The van der Waals surface area contributed by atoms with Gasteiger partial charge in [0, 0.05) is 4.88 Å². The molecule has 1 aliphatic rings. The zero-order valence-corrected chi connectivity index (χ0v) is 11.4. The molecule has 0 radical (unpaired) electrons. The molecule has 3 heteroatoms. The summed E-state index contributed by atoms with van der Waals surface area (Å²) in [4.78, 5) is 1.39. The number of hydrogen-bond donors (Lipinski definition) is 1. The van der Waals surface area contributed by atoms with Crippen molar-refractivity contribution in [1.29, 1.82) is 0 Å². The summed E-state index contributed by atoms with van der Waals surface area (Å²) in [5.74, 6) is 0. The molecule has 1 nitrogen and oxygen atoms in total. The van der Waals surface area contributed by atoms with Crippen molar-refractivity contribution in [3.63, 3.8) is 0 Å². The number of fused-ring (bicyclic) bond motifs is 1. The lowest BCUT2D eigenvalue weighted by Crippen LogP contribution is -2.33. The Labute approximate surface area is 101 Å². The van der Waals surface area contributed by atoms with Crippen molar-refractivity contribution >= 4 is 28.6 Å². The highest BCUT2D eigenvalue weighted by Crippen LogP contribution is 2.52. The van der Waals surface area contributed by atoms with E-state index in [9.17, 15) is 0 Å².